The molecule has 1 saturated heterocycles. The van der Waals surface area contributed by atoms with E-state index >= 15 is 0 Å². The highest BCUT2D eigenvalue weighted by atomic mass is 16.5. The first-order chi connectivity index (χ1) is 9.23. The van der Waals surface area contributed by atoms with Crippen LogP contribution in [0.25, 0.3) is 0 Å². The molecule has 3 heteroatoms. The highest BCUT2D eigenvalue weighted by Gasteiger charge is 2.32. The summed E-state index contributed by atoms with van der Waals surface area (Å²) in [5.74, 6) is 0. The van der Waals surface area contributed by atoms with Gasteiger partial charge in [-0.15, -0.1) is 0 Å². The molecule has 1 aromatic carbocycles. The lowest BCUT2D eigenvalue weighted by molar-refractivity contribution is 0.0244. The maximum absolute atomic E-state index is 10.3. The third kappa shape index (κ3) is 4.30. The fourth-order valence-electron chi connectivity index (χ4n) is 2.53. The van der Waals surface area contributed by atoms with Crippen LogP contribution in [0.1, 0.15) is 44.2 Å². The quantitative estimate of drug-likeness (QED) is 0.794. The highest BCUT2D eigenvalue weighted by Crippen LogP contribution is 2.22. The Bertz CT molecular complexity index is 360. The van der Waals surface area contributed by atoms with Gasteiger partial charge in [0.2, 0.25) is 0 Å². The van der Waals surface area contributed by atoms with Gasteiger partial charge in [0, 0.05) is 25.6 Å². The van der Waals surface area contributed by atoms with Gasteiger partial charge in [-0.25, -0.2) is 0 Å². The summed E-state index contributed by atoms with van der Waals surface area (Å²) in [6.45, 7) is 3.94. The Morgan fingerprint density at radius 3 is 2.79 bits per heavy atom. The van der Waals surface area contributed by atoms with Crippen molar-refractivity contribution in [3.8, 4) is 0 Å². The van der Waals surface area contributed by atoms with E-state index in [0.29, 0.717) is 25.8 Å². The molecule has 106 valence electrons. The molecule has 2 atom stereocenters. The van der Waals surface area contributed by atoms with Crippen molar-refractivity contribution < 1.29 is 9.84 Å². The zero-order chi connectivity index (χ0) is 13.6. The lowest BCUT2D eigenvalue weighted by Gasteiger charge is -2.26. The van der Waals surface area contributed by atoms with Crippen LogP contribution in [-0.2, 0) is 4.74 Å². The van der Waals surface area contributed by atoms with Gasteiger partial charge in [0.1, 0.15) is 5.60 Å². The fraction of sp³-hybridized carbons (Fsp3) is 0.625. The Morgan fingerprint density at radius 2 is 2.16 bits per heavy atom. The molecule has 1 aliphatic heterocycles. The third-order valence-corrected chi connectivity index (χ3v) is 3.81. The summed E-state index contributed by atoms with van der Waals surface area (Å²) in [6.07, 6.45) is 4.23. The van der Waals surface area contributed by atoms with Crippen molar-refractivity contribution in [2.75, 3.05) is 19.8 Å². The predicted octanol–water partition coefficient (Wildman–Crippen LogP) is 2.66. The van der Waals surface area contributed by atoms with E-state index in [4.69, 9.17) is 4.74 Å². The monoisotopic (exact) mass is 263 g/mol. The molecule has 2 unspecified atom stereocenters. The molecule has 0 radical (unpaired) electrons. The van der Waals surface area contributed by atoms with Gasteiger partial charge in [-0.05, 0) is 12.0 Å². The van der Waals surface area contributed by atoms with Crippen molar-refractivity contribution in [3.63, 3.8) is 0 Å². The van der Waals surface area contributed by atoms with Gasteiger partial charge in [0.05, 0.1) is 6.61 Å². The van der Waals surface area contributed by atoms with Crippen LogP contribution in [0.5, 0.6) is 0 Å². The number of hydrogen-bond acceptors (Lipinski definition) is 3. The Balaban J connectivity index is 1.94. The molecule has 19 heavy (non-hydrogen) atoms. The number of rotatable bonds is 7. The van der Waals surface area contributed by atoms with Gasteiger partial charge in [-0.2, -0.15) is 0 Å². The number of aliphatic hydroxyl groups is 1. The van der Waals surface area contributed by atoms with E-state index in [1.165, 1.54) is 18.4 Å². The van der Waals surface area contributed by atoms with E-state index in [9.17, 15) is 5.11 Å². The van der Waals surface area contributed by atoms with Gasteiger partial charge in [-0.1, -0.05) is 50.1 Å². The van der Waals surface area contributed by atoms with Crippen molar-refractivity contribution >= 4 is 0 Å². The Morgan fingerprint density at radius 1 is 1.37 bits per heavy atom. The van der Waals surface area contributed by atoms with Crippen LogP contribution < -0.4 is 5.32 Å². The Hall–Kier alpha value is -0.900. The van der Waals surface area contributed by atoms with Crippen LogP contribution in [-0.4, -0.2) is 30.5 Å². The summed E-state index contributed by atoms with van der Waals surface area (Å²) in [5, 5.41) is 13.8. The first-order valence-corrected chi connectivity index (χ1v) is 7.32. The molecule has 0 saturated carbocycles. The maximum atomic E-state index is 10.3. The SMILES string of the molecule is CCCCC(NCC1(O)CCOC1)c1ccccc1. The Kier molecular flexibility index (Phi) is 5.37. The Labute approximate surface area is 116 Å². The average Bonchev–Trinajstić information content (AvgIpc) is 2.87. The van der Waals surface area contributed by atoms with Crippen molar-refractivity contribution in [3.05, 3.63) is 35.9 Å². The lowest BCUT2D eigenvalue weighted by atomic mass is 9.98. The number of benzene rings is 1. The summed E-state index contributed by atoms with van der Waals surface area (Å²) in [4.78, 5) is 0. The summed E-state index contributed by atoms with van der Waals surface area (Å²) < 4.78 is 5.29. The normalized spacial score (nSPS) is 24.5. The van der Waals surface area contributed by atoms with Gasteiger partial charge >= 0.3 is 0 Å². The largest absolute Gasteiger partial charge is 0.386 e. The van der Waals surface area contributed by atoms with E-state index < -0.39 is 5.60 Å². The minimum Gasteiger partial charge on any atom is -0.386 e. The van der Waals surface area contributed by atoms with Crippen LogP contribution in [0.15, 0.2) is 30.3 Å². The molecule has 2 rings (SSSR count). The maximum Gasteiger partial charge on any atom is 0.103 e. The molecular formula is C16H25NO2. The van der Waals surface area contributed by atoms with Crippen LogP contribution in [0.3, 0.4) is 0 Å². The van der Waals surface area contributed by atoms with E-state index in [1.807, 2.05) is 6.07 Å². The zero-order valence-electron chi connectivity index (χ0n) is 11.8. The molecule has 1 fully saturated rings. The molecule has 0 amide bonds. The lowest BCUT2D eigenvalue weighted by Crippen LogP contribution is -2.42. The number of ether oxygens (including phenoxy) is 1. The smallest absolute Gasteiger partial charge is 0.103 e. The third-order valence-electron chi connectivity index (χ3n) is 3.81. The van der Waals surface area contributed by atoms with Crippen molar-refractivity contribution in [1.82, 2.24) is 5.32 Å². The molecule has 1 heterocycles. The van der Waals surface area contributed by atoms with Crippen LogP contribution in [0.2, 0.25) is 0 Å². The fourth-order valence-corrected chi connectivity index (χ4v) is 2.53. The van der Waals surface area contributed by atoms with Crippen molar-refractivity contribution in [2.24, 2.45) is 0 Å². The standard InChI is InChI=1S/C16H25NO2/c1-2-3-9-15(14-7-5-4-6-8-14)17-12-16(18)10-11-19-13-16/h4-8,15,17-18H,2-3,9-13H2,1H3. The molecule has 1 aromatic rings. The van der Waals surface area contributed by atoms with E-state index in [1.54, 1.807) is 0 Å². The molecular weight excluding hydrogens is 238 g/mol. The molecule has 2 N–H and O–H groups in total. The second-order valence-electron chi connectivity index (χ2n) is 5.51. The van der Waals surface area contributed by atoms with E-state index in [2.05, 4.69) is 36.5 Å². The number of hydrogen-bond donors (Lipinski definition) is 2. The highest BCUT2D eigenvalue weighted by molar-refractivity contribution is 5.19. The van der Waals surface area contributed by atoms with Gasteiger partial charge in [0.25, 0.3) is 0 Å². The summed E-state index contributed by atoms with van der Waals surface area (Å²) >= 11 is 0. The zero-order valence-corrected chi connectivity index (χ0v) is 11.8. The van der Waals surface area contributed by atoms with Gasteiger partial charge < -0.3 is 15.2 Å². The molecule has 3 nitrogen and oxygen atoms in total. The number of unbranched alkanes of at least 4 members (excludes halogenated alkanes) is 1. The average molecular weight is 263 g/mol. The van der Waals surface area contributed by atoms with Crippen molar-refractivity contribution in [2.45, 2.75) is 44.2 Å². The summed E-state index contributed by atoms with van der Waals surface area (Å²) in [7, 11) is 0. The number of nitrogens with one attached hydrogen (secondary N) is 1. The summed E-state index contributed by atoms with van der Waals surface area (Å²) in [6, 6.07) is 10.8. The molecule has 0 aromatic heterocycles. The van der Waals surface area contributed by atoms with Crippen molar-refractivity contribution in [1.29, 1.82) is 0 Å². The molecule has 0 spiro atoms. The predicted molar refractivity (Wildman–Crippen MR) is 77.1 cm³/mol. The van der Waals surface area contributed by atoms with Gasteiger partial charge in [0.15, 0.2) is 0 Å². The first-order valence-electron chi connectivity index (χ1n) is 7.32. The van der Waals surface area contributed by atoms with Gasteiger partial charge in [-0.3, -0.25) is 0 Å². The molecule has 1 aliphatic rings. The van der Waals surface area contributed by atoms with E-state index in [0.717, 1.165) is 12.8 Å². The second kappa shape index (κ2) is 7.04. The molecule has 0 aliphatic carbocycles. The second-order valence-corrected chi connectivity index (χ2v) is 5.51. The minimum absolute atomic E-state index is 0.325. The first kappa shape index (κ1) is 14.5. The topological polar surface area (TPSA) is 41.5 Å². The van der Waals surface area contributed by atoms with Crippen LogP contribution in [0, 0.1) is 0 Å². The van der Waals surface area contributed by atoms with E-state index in [-0.39, 0.29) is 0 Å². The summed E-state index contributed by atoms with van der Waals surface area (Å²) in [5.41, 5.74) is 0.623. The van der Waals surface area contributed by atoms with Crippen LogP contribution in [0.4, 0.5) is 0 Å². The molecule has 0 bridgehead atoms. The minimum atomic E-state index is -0.681. The van der Waals surface area contributed by atoms with Crippen LogP contribution >= 0.6 is 0 Å².